The summed E-state index contributed by atoms with van der Waals surface area (Å²) in [6.07, 6.45) is 1.47. The van der Waals surface area contributed by atoms with Crippen LogP contribution in [0.1, 0.15) is 24.8 Å². The smallest absolute Gasteiger partial charge is 0.304 e. The largest absolute Gasteiger partial charge is 0.497 e. The highest BCUT2D eigenvalue weighted by Crippen LogP contribution is 2.52. The summed E-state index contributed by atoms with van der Waals surface area (Å²) in [7, 11) is 1.47. The Morgan fingerprint density at radius 2 is 2.25 bits per heavy atom. The second-order valence-corrected chi connectivity index (χ2v) is 4.20. The number of ether oxygens (including phenoxy) is 1. The van der Waals surface area contributed by atoms with Crippen molar-refractivity contribution >= 4 is 5.97 Å². The zero-order valence-electron chi connectivity index (χ0n) is 9.00. The van der Waals surface area contributed by atoms with Gasteiger partial charge in [-0.3, -0.25) is 4.79 Å². The standard InChI is InChI=1S/C12H13FO3/c1-16-8-2-3-9(10(13)6-8)12(4-5-12)7-11(14)15/h2-3,6H,4-5,7H2,1H3,(H,14,15). The lowest BCUT2D eigenvalue weighted by Crippen LogP contribution is -2.14. The molecule has 86 valence electrons. The van der Waals surface area contributed by atoms with Gasteiger partial charge in [0.05, 0.1) is 13.5 Å². The maximum Gasteiger partial charge on any atom is 0.304 e. The van der Waals surface area contributed by atoms with E-state index in [0.29, 0.717) is 11.3 Å². The molecule has 16 heavy (non-hydrogen) atoms. The zero-order valence-corrected chi connectivity index (χ0v) is 9.00. The van der Waals surface area contributed by atoms with E-state index >= 15 is 0 Å². The molecule has 4 heteroatoms. The van der Waals surface area contributed by atoms with Gasteiger partial charge in [0.2, 0.25) is 0 Å². The van der Waals surface area contributed by atoms with E-state index in [-0.39, 0.29) is 12.2 Å². The summed E-state index contributed by atoms with van der Waals surface area (Å²) in [5.74, 6) is -0.807. The molecule has 0 saturated heterocycles. The zero-order chi connectivity index (χ0) is 11.8. The van der Waals surface area contributed by atoms with Crippen LogP contribution in [0, 0.1) is 5.82 Å². The summed E-state index contributed by atoms with van der Waals surface area (Å²) < 4.78 is 18.7. The molecule has 1 saturated carbocycles. The third kappa shape index (κ3) is 1.87. The Bertz CT molecular complexity index is 424. The SMILES string of the molecule is COc1ccc(C2(CC(=O)O)CC2)c(F)c1. The molecule has 1 fully saturated rings. The lowest BCUT2D eigenvalue weighted by molar-refractivity contribution is -0.137. The Balaban J connectivity index is 2.30. The third-order valence-corrected chi connectivity index (χ3v) is 3.09. The average Bonchev–Trinajstić information content (AvgIpc) is 2.97. The summed E-state index contributed by atoms with van der Waals surface area (Å²) >= 11 is 0. The van der Waals surface area contributed by atoms with Crippen molar-refractivity contribution in [1.82, 2.24) is 0 Å². The molecule has 1 N–H and O–H groups in total. The van der Waals surface area contributed by atoms with Crippen molar-refractivity contribution in [2.45, 2.75) is 24.7 Å². The van der Waals surface area contributed by atoms with Crippen LogP contribution in [-0.2, 0) is 10.2 Å². The van der Waals surface area contributed by atoms with E-state index in [0.717, 1.165) is 12.8 Å². The summed E-state index contributed by atoms with van der Waals surface area (Å²) in [4.78, 5) is 10.7. The van der Waals surface area contributed by atoms with Crippen molar-refractivity contribution < 1.29 is 19.0 Å². The average molecular weight is 224 g/mol. The minimum atomic E-state index is -0.882. The molecule has 0 atom stereocenters. The first-order valence-corrected chi connectivity index (χ1v) is 5.13. The summed E-state index contributed by atoms with van der Waals surface area (Å²) in [6, 6.07) is 4.60. The fourth-order valence-electron chi connectivity index (χ4n) is 2.03. The first-order valence-electron chi connectivity index (χ1n) is 5.13. The quantitative estimate of drug-likeness (QED) is 0.853. The van der Waals surface area contributed by atoms with Crippen LogP contribution >= 0.6 is 0 Å². The van der Waals surface area contributed by atoms with Crippen LogP contribution in [0.2, 0.25) is 0 Å². The lowest BCUT2D eigenvalue weighted by atomic mass is 9.92. The number of hydrogen-bond donors (Lipinski definition) is 1. The van der Waals surface area contributed by atoms with E-state index in [4.69, 9.17) is 9.84 Å². The normalized spacial score (nSPS) is 16.9. The summed E-state index contributed by atoms with van der Waals surface area (Å²) in [5, 5.41) is 8.79. The molecule has 0 unspecified atom stereocenters. The molecular formula is C12H13FO3. The molecule has 0 aromatic heterocycles. The number of carboxylic acid groups (broad SMARTS) is 1. The van der Waals surface area contributed by atoms with E-state index in [1.165, 1.54) is 13.2 Å². The van der Waals surface area contributed by atoms with E-state index in [1.807, 2.05) is 0 Å². The third-order valence-electron chi connectivity index (χ3n) is 3.09. The number of carboxylic acids is 1. The number of carbonyl (C=O) groups is 1. The van der Waals surface area contributed by atoms with Crippen LogP contribution in [0.4, 0.5) is 4.39 Å². The highest BCUT2D eigenvalue weighted by atomic mass is 19.1. The van der Waals surface area contributed by atoms with Crippen molar-refractivity contribution in [3.63, 3.8) is 0 Å². The van der Waals surface area contributed by atoms with E-state index in [9.17, 15) is 9.18 Å². The fourth-order valence-corrected chi connectivity index (χ4v) is 2.03. The van der Waals surface area contributed by atoms with Gasteiger partial charge in [-0.15, -0.1) is 0 Å². The minimum Gasteiger partial charge on any atom is -0.497 e. The van der Waals surface area contributed by atoms with Gasteiger partial charge in [0, 0.05) is 11.5 Å². The molecule has 0 heterocycles. The van der Waals surface area contributed by atoms with Crippen molar-refractivity contribution in [2.75, 3.05) is 7.11 Å². The lowest BCUT2D eigenvalue weighted by Gasteiger charge is -2.14. The van der Waals surface area contributed by atoms with Gasteiger partial charge in [-0.1, -0.05) is 6.07 Å². The van der Waals surface area contributed by atoms with Crippen LogP contribution in [0.3, 0.4) is 0 Å². The summed E-state index contributed by atoms with van der Waals surface area (Å²) in [6.45, 7) is 0. The maximum atomic E-state index is 13.8. The van der Waals surface area contributed by atoms with E-state index < -0.39 is 11.4 Å². The van der Waals surface area contributed by atoms with E-state index in [1.54, 1.807) is 12.1 Å². The second-order valence-electron chi connectivity index (χ2n) is 4.20. The molecule has 3 nitrogen and oxygen atoms in total. The highest BCUT2D eigenvalue weighted by Gasteiger charge is 2.47. The Morgan fingerprint density at radius 3 is 2.69 bits per heavy atom. The van der Waals surface area contributed by atoms with Crippen LogP contribution in [0.25, 0.3) is 0 Å². The minimum absolute atomic E-state index is 0.00372. The van der Waals surface area contributed by atoms with Gasteiger partial charge in [0.1, 0.15) is 11.6 Å². The Morgan fingerprint density at radius 1 is 1.56 bits per heavy atom. The maximum absolute atomic E-state index is 13.8. The Hall–Kier alpha value is -1.58. The van der Waals surface area contributed by atoms with Gasteiger partial charge in [-0.2, -0.15) is 0 Å². The first kappa shape index (κ1) is 10.9. The molecule has 1 aliphatic rings. The number of halogens is 1. The van der Waals surface area contributed by atoms with Gasteiger partial charge in [0.15, 0.2) is 0 Å². The van der Waals surface area contributed by atoms with Gasteiger partial charge in [-0.05, 0) is 24.5 Å². The van der Waals surface area contributed by atoms with Crippen LogP contribution in [-0.4, -0.2) is 18.2 Å². The molecule has 1 aliphatic carbocycles. The van der Waals surface area contributed by atoms with Gasteiger partial charge >= 0.3 is 5.97 Å². The molecule has 0 aliphatic heterocycles. The van der Waals surface area contributed by atoms with Gasteiger partial charge in [0.25, 0.3) is 0 Å². The number of rotatable bonds is 4. The highest BCUT2D eigenvalue weighted by molar-refractivity contribution is 5.70. The molecule has 1 aromatic carbocycles. The number of aliphatic carboxylic acids is 1. The fraction of sp³-hybridized carbons (Fsp3) is 0.417. The van der Waals surface area contributed by atoms with Crippen molar-refractivity contribution in [2.24, 2.45) is 0 Å². The van der Waals surface area contributed by atoms with Crippen LogP contribution in [0.5, 0.6) is 5.75 Å². The van der Waals surface area contributed by atoms with Crippen molar-refractivity contribution in [3.05, 3.63) is 29.6 Å². The van der Waals surface area contributed by atoms with Crippen LogP contribution < -0.4 is 4.74 Å². The predicted octanol–water partition coefficient (Wildman–Crippen LogP) is 2.34. The molecule has 0 amide bonds. The number of hydrogen-bond acceptors (Lipinski definition) is 2. The molecule has 0 bridgehead atoms. The van der Waals surface area contributed by atoms with E-state index in [2.05, 4.69) is 0 Å². The molecule has 0 radical (unpaired) electrons. The second kappa shape index (κ2) is 3.77. The van der Waals surface area contributed by atoms with Gasteiger partial charge < -0.3 is 9.84 Å². The predicted molar refractivity (Wildman–Crippen MR) is 56.1 cm³/mol. The van der Waals surface area contributed by atoms with Crippen molar-refractivity contribution in [1.29, 1.82) is 0 Å². The van der Waals surface area contributed by atoms with Gasteiger partial charge in [-0.25, -0.2) is 4.39 Å². The molecule has 1 aromatic rings. The first-order chi connectivity index (χ1) is 7.57. The Labute approximate surface area is 92.9 Å². The number of benzene rings is 1. The summed E-state index contributed by atoms with van der Waals surface area (Å²) in [5.41, 5.74) is 0.0121. The molecule has 0 spiro atoms. The van der Waals surface area contributed by atoms with Crippen molar-refractivity contribution in [3.8, 4) is 5.75 Å². The number of methoxy groups -OCH3 is 1. The molecule has 2 rings (SSSR count). The topological polar surface area (TPSA) is 46.5 Å². The Kier molecular flexibility index (Phi) is 2.58. The van der Waals surface area contributed by atoms with Crippen LogP contribution in [0.15, 0.2) is 18.2 Å². The molecular weight excluding hydrogens is 211 g/mol. The monoisotopic (exact) mass is 224 g/mol.